The van der Waals surface area contributed by atoms with Crippen molar-refractivity contribution in [2.75, 3.05) is 19.7 Å². The molecule has 0 aromatic heterocycles. The maximum atomic E-state index is 12.2. The molecule has 0 aliphatic heterocycles. The van der Waals surface area contributed by atoms with Crippen LogP contribution in [-0.4, -0.2) is 48.6 Å². The first-order valence-electron chi connectivity index (χ1n) is 7.34. The molecule has 8 nitrogen and oxygen atoms in total. The van der Waals surface area contributed by atoms with Crippen LogP contribution < -0.4 is 22.1 Å². The number of amides is 2. The third-order valence-electron chi connectivity index (χ3n) is 3.01. The van der Waals surface area contributed by atoms with Crippen LogP contribution in [0.1, 0.15) is 23.2 Å². The van der Waals surface area contributed by atoms with Gasteiger partial charge >= 0.3 is 0 Å². The summed E-state index contributed by atoms with van der Waals surface area (Å²) in [6.45, 7) is 0.330. The van der Waals surface area contributed by atoms with Crippen LogP contribution in [-0.2, 0) is 4.79 Å². The van der Waals surface area contributed by atoms with Gasteiger partial charge in [-0.25, -0.2) is 0 Å². The van der Waals surface area contributed by atoms with Crippen LogP contribution in [0.15, 0.2) is 35.3 Å². The zero-order valence-corrected chi connectivity index (χ0v) is 12.9. The Kier molecular flexibility index (Phi) is 8.16. The zero-order valence-electron chi connectivity index (χ0n) is 12.9. The number of rotatable bonds is 9. The van der Waals surface area contributed by atoms with Gasteiger partial charge in [-0.1, -0.05) is 18.2 Å². The van der Waals surface area contributed by atoms with Gasteiger partial charge in [0.1, 0.15) is 6.04 Å². The lowest BCUT2D eigenvalue weighted by Crippen LogP contribution is -2.47. The van der Waals surface area contributed by atoms with Gasteiger partial charge in [-0.2, -0.15) is 0 Å². The van der Waals surface area contributed by atoms with Crippen molar-refractivity contribution in [3.8, 4) is 0 Å². The van der Waals surface area contributed by atoms with E-state index in [1.807, 2.05) is 0 Å². The van der Waals surface area contributed by atoms with Gasteiger partial charge in [-0.15, -0.1) is 0 Å². The van der Waals surface area contributed by atoms with Crippen LogP contribution in [0.3, 0.4) is 0 Å². The molecule has 0 saturated carbocycles. The Hall–Kier alpha value is -2.61. The number of guanidine groups is 1. The molecule has 1 atom stereocenters. The van der Waals surface area contributed by atoms with E-state index in [0.29, 0.717) is 24.9 Å². The number of hydrogen-bond acceptors (Lipinski definition) is 4. The van der Waals surface area contributed by atoms with Gasteiger partial charge in [-0.05, 0) is 25.0 Å². The second kappa shape index (κ2) is 10.2. The van der Waals surface area contributed by atoms with Gasteiger partial charge in [0.2, 0.25) is 5.91 Å². The van der Waals surface area contributed by atoms with E-state index in [1.165, 1.54) is 0 Å². The van der Waals surface area contributed by atoms with Crippen LogP contribution in [0, 0.1) is 0 Å². The molecule has 0 fully saturated rings. The Labute approximate surface area is 135 Å². The minimum atomic E-state index is -0.719. The summed E-state index contributed by atoms with van der Waals surface area (Å²) in [6.07, 6.45) is 0.913. The number of aliphatic imine (C=N–C) groups is 1. The summed E-state index contributed by atoms with van der Waals surface area (Å²) in [6, 6.07) is 7.90. The highest BCUT2D eigenvalue weighted by Crippen LogP contribution is 2.03. The van der Waals surface area contributed by atoms with E-state index in [1.54, 1.807) is 30.3 Å². The number of aliphatic hydroxyl groups excluding tert-OH is 1. The summed E-state index contributed by atoms with van der Waals surface area (Å²) in [4.78, 5) is 28.1. The van der Waals surface area contributed by atoms with Gasteiger partial charge < -0.3 is 27.2 Å². The third-order valence-corrected chi connectivity index (χ3v) is 3.01. The number of benzene rings is 1. The fourth-order valence-electron chi connectivity index (χ4n) is 1.91. The minimum Gasteiger partial charge on any atom is -0.395 e. The fraction of sp³-hybridized carbons (Fsp3) is 0.400. The summed E-state index contributed by atoms with van der Waals surface area (Å²) in [5.41, 5.74) is 11.0. The molecule has 2 amide bonds. The summed E-state index contributed by atoms with van der Waals surface area (Å²) >= 11 is 0. The highest BCUT2D eigenvalue weighted by atomic mass is 16.3. The molecule has 0 radical (unpaired) electrons. The average Bonchev–Trinajstić information content (AvgIpc) is 2.55. The van der Waals surface area contributed by atoms with Crippen molar-refractivity contribution in [3.05, 3.63) is 35.9 Å². The Bertz CT molecular complexity index is 529. The molecule has 0 saturated heterocycles. The van der Waals surface area contributed by atoms with Crippen molar-refractivity contribution >= 4 is 17.8 Å². The maximum absolute atomic E-state index is 12.2. The van der Waals surface area contributed by atoms with E-state index < -0.39 is 6.04 Å². The largest absolute Gasteiger partial charge is 0.395 e. The topological polar surface area (TPSA) is 143 Å². The average molecular weight is 321 g/mol. The van der Waals surface area contributed by atoms with Gasteiger partial charge in [0.05, 0.1) is 6.61 Å². The van der Waals surface area contributed by atoms with E-state index in [9.17, 15) is 9.59 Å². The predicted octanol–water partition coefficient (Wildman–Crippen LogP) is -1.05. The molecule has 0 aliphatic carbocycles. The first kappa shape index (κ1) is 18.4. The number of hydrogen-bond donors (Lipinski definition) is 5. The Morgan fingerprint density at radius 3 is 2.52 bits per heavy atom. The summed E-state index contributed by atoms with van der Waals surface area (Å²) in [5, 5.41) is 14.0. The number of nitrogens with zero attached hydrogens (tertiary/aromatic N) is 1. The Morgan fingerprint density at radius 1 is 1.22 bits per heavy atom. The van der Waals surface area contributed by atoms with E-state index in [-0.39, 0.29) is 30.9 Å². The van der Waals surface area contributed by atoms with Crippen LogP contribution in [0.5, 0.6) is 0 Å². The van der Waals surface area contributed by atoms with Gasteiger partial charge in [0.25, 0.3) is 5.91 Å². The Balaban J connectivity index is 2.64. The van der Waals surface area contributed by atoms with Crippen molar-refractivity contribution in [2.45, 2.75) is 18.9 Å². The second-order valence-electron chi connectivity index (χ2n) is 4.86. The molecule has 23 heavy (non-hydrogen) atoms. The van der Waals surface area contributed by atoms with Crippen molar-refractivity contribution in [2.24, 2.45) is 16.5 Å². The fourth-order valence-corrected chi connectivity index (χ4v) is 1.91. The molecular weight excluding hydrogens is 298 g/mol. The molecule has 126 valence electrons. The number of nitrogens with one attached hydrogen (secondary N) is 2. The van der Waals surface area contributed by atoms with Gasteiger partial charge in [-0.3, -0.25) is 14.6 Å². The van der Waals surface area contributed by atoms with E-state index in [4.69, 9.17) is 16.6 Å². The predicted molar refractivity (Wildman–Crippen MR) is 87.7 cm³/mol. The van der Waals surface area contributed by atoms with Crippen LogP contribution in [0.25, 0.3) is 0 Å². The number of nitrogens with two attached hydrogens (primary N) is 2. The number of aliphatic hydroxyl groups is 1. The maximum Gasteiger partial charge on any atom is 0.251 e. The molecule has 1 aromatic carbocycles. The van der Waals surface area contributed by atoms with E-state index in [0.717, 1.165) is 0 Å². The second-order valence-corrected chi connectivity index (χ2v) is 4.86. The first-order valence-corrected chi connectivity index (χ1v) is 7.34. The van der Waals surface area contributed by atoms with Gasteiger partial charge in [0, 0.05) is 18.7 Å². The standard InChI is InChI=1S/C15H23N5O3/c16-15(17)19-8-4-7-12(14(23)18-9-10-21)20-13(22)11-5-2-1-3-6-11/h1-3,5-6,12,21H,4,7-10H2,(H,18,23)(H,20,22)(H4,16,17,19)/t12-/m0/s1. The van der Waals surface area contributed by atoms with Crippen molar-refractivity contribution < 1.29 is 14.7 Å². The molecule has 7 N–H and O–H groups in total. The smallest absolute Gasteiger partial charge is 0.251 e. The normalized spacial score (nSPS) is 11.3. The lowest BCUT2D eigenvalue weighted by atomic mass is 10.1. The quantitative estimate of drug-likeness (QED) is 0.224. The monoisotopic (exact) mass is 321 g/mol. The Morgan fingerprint density at radius 2 is 1.91 bits per heavy atom. The molecule has 0 spiro atoms. The van der Waals surface area contributed by atoms with Crippen molar-refractivity contribution in [1.82, 2.24) is 10.6 Å². The molecule has 1 rings (SSSR count). The molecule has 0 bridgehead atoms. The first-order chi connectivity index (χ1) is 11.0. The number of carbonyl (C=O) groups is 2. The molecule has 1 aromatic rings. The SMILES string of the molecule is NC(N)=NCCC[C@H](NC(=O)c1ccccc1)C(=O)NCCO. The van der Waals surface area contributed by atoms with Crippen molar-refractivity contribution in [1.29, 1.82) is 0 Å². The van der Waals surface area contributed by atoms with E-state index in [2.05, 4.69) is 15.6 Å². The van der Waals surface area contributed by atoms with Crippen LogP contribution >= 0.6 is 0 Å². The van der Waals surface area contributed by atoms with Gasteiger partial charge in [0.15, 0.2) is 5.96 Å². The zero-order chi connectivity index (χ0) is 17.1. The molecule has 0 unspecified atom stereocenters. The molecule has 0 heterocycles. The molecule has 8 heteroatoms. The highest BCUT2D eigenvalue weighted by Gasteiger charge is 2.20. The lowest BCUT2D eigenvalue weighted by molar-refractivity contribution is -0.123. The summed E-state index contributed by atoms with van der Waals surface area (Å²) in [7, 11) is 0. The summed E-state index contributed by atoms with van der Waals surface area (Å²) in [5.74, 6) is -0.704. The summed E-state index contributed by atoms with van der Waals surface area (Å²) < 4.78 is 0. The van der Waals surface area contributed by atoms with Crippen molar-refractivity contribution in [3.63, 3.8) is 0 Å². The van der Waals surface area contributed by atoms with Crippen LogP contribution in [0.2, 0.25) is 0 Å². The highest BCUT2D eigenvalue weighted by molar-refractivity contribution is 5.97. The third kappa shape index (κ3) is 7.28. The minimum absolute atomic E-state index is 0.0143. The van der Waals surface area contributed by atoms with E-state index >= 15 is 0 Å². The molecular formula is C15H23N5O3. The van der Waals surface area contributed by atoms with Crippen LogP contribution in [0.4, 0.5) is 0 Å². The number of carbonyl (C=O) groups excluding carboxylic acids is 2. The lowest BCUT2D eigenvalue weighted by Gasteiger charge is -2.18. The molecule has 0 aliphatic rings.